The Kier molecular flexibility index (Phi) is 11.2. The average molecular weight is 503 g/mol. The van der Waals surface area contributed by atoms with Gasteiger partial charge in [0.2, 0.25) is 0 Å². The highest BCUT2D eigenvalue weighted by molar-refractivity contribution is 5.58. The summed E-state index contributed by atoms with van der Waals surface area (Å²) in [6.45, 7) is 3.21. The zero-order valence-electron chi connectivity index (χ0n) is 22.1. The van der Waals surface area contributed by atoms with Crippen LogP contribution in [0.5, 0.6) is 0 Å². The van der Waals surface area contributed by atoms with E-state index < -0.39 is 0 Å². The van der Waals surface area contributed by atoms with E-state index in [4.69, 9.17) is 10.2 Å². The van der Waals surface area contributed by atoms with Gasteiger partial charge < -0.3 is 0 Å². The van der Waals surface area contributed by atoms with Crippen molar-refractivity contribution in [3.8, 4) is 0 Å². The van der Waals surface area contributed by atoms with Crippen LogP contribution in [0.25, 0.3) is 0 Å². The van der Waals surface area contributed by atoms with Gasteiger partial charge in [-0.2, -0.15) is 10.2 Å². The minimum absolute atomic E-state index is 0.803. The van der Waals surface area contributed by atoms with Crippen LogP contribution in [0.1, 0.15) is 47.9 Å². The second kappa shape index (κ2) is 15.8. The van der Waals surface area contributed by atoms with Gasteiger partial charge in [0.1, 0.15) is 0 Å². The van der Waals surface area contributed by atoms with E-state index in [2.05, 4.69) is 144 Å². The topological polar surface area (TPSA) is 31.2 Å². The third-order valence-electron chi connectivity index (χ3n) is 6.24. The molecule has 4 heteroatoms. The number of rotatable bonds is 15. The molecule has 4 aromatic carbocycles. The summed E-state index contributed by atoms with van der Waals surface area (Å²) in [5.41, 5.74) is 5.08. The summed E-state index contributed by atoms with van der Waals surface area (Å²) in [6, 6.07) is 42.2. The largest absolute Gasteiger partial charge is 0.289 e. The Morgan fingerprint density at radius 1 is 0.395 bits per heavy atom. The molecule has 0 aliphatic rings. The Morgan fingerprint density at radius 2 is 0.658 bits per heavy atom. The molecule has 38 heavy (non-hydrogen) atoms. The van der Waals surface area contributed by atoms with E-state index in [-0.39, 0.29) is 0 Å². The smallest absolute Gasteiger partial charge is 0.0614 e. The first-order valence-corrected chi connectivity index (χ1v) is 13.6. The molecule has 0 aromatic heterocycles. The fourth-order valence-corrected chi connectivity index (χ4v) is 4.27. The molecule has 0 spiro atoms. The van der Waals surface area contributed by atoms with Crippen molar-refractivity contribution in [1.29, 1.82) is 0 Å². The number of hydrazone groups is 2. The monoisotopic (exact) mass is 502 g/mol. The summed E-state index contributed by atoms with van der Waals surface area (Å²) in [6.07, 6.45) is 8.26. The lowest BCUT2D eigenvalue weighted by Gasteiger charge is -2.19. The van der Waals surface area contributed by atoms with Crippen LogP contribution in [-0.4, -0.2) is 22.4 Å². The fraction of sp³-hybridized carbons (Fsp3) is 0.235. The minimum atomic E-state index is 0.803. The van der Waals surface area contributed by atoms with E-state index in [1.54, 1.807) is 0 Å². The van der Waals surface area contributed by atoms with Crippen LogP contribution in [0.4, 0.5) is 0 Å². The molecule has 4 aromatic rings. The molecule has 0 saturated carbocycles. The van der Waals surface area contributed by atoms with Gasteiger partial charge in [0.15, 0.2) is 0 Å². The van der Waals surface area contributed by atoms with E-state index in [0.29, 0.717) is 0 Å². The molecular weight excluding hydrogens is 464 g/mol. The van der Waals surface area contributed by atoms with Crippen molar-refractivity contribution in [2.75, 3.05) is 0 Å². The summed E-state index contributed by atoms with van der Waals surface area (Å²) < 4.78 is 0. The van der Waals surface area contributed by atoms with Crippen molar-refractivity contribution in [2.45, 2.75) is 51.9 Å². The van der Waals surface area contributed by atoms with E-state index in [9.17, 15) is 0 Å². The molecule has 0 fully saturated rings. The first kappa shape index (κ1) is 26.9. The van der Waals surface area contributed by atoms with Crippen molar-refractivity contribution in [2.24, 2.45) is 10.2 Å². The Hall–Kier alpha value is -4.18. The predicted octanol–water partition coefficient (Wildman–Crippen LogP) is 7.92. The standard InChI is InChI=1S/C34H38N4/c1(15-25-35-37(27-31-17-7-3-8-18-31)28-32-19-9-4-10-20-32)2-16-26-36-38(29-33-21-11-5-12-22-33)30-34-23-13-6-14-24-34/h3-14,17-26H,1-2,15-16,27-30H2/b35-25+,36-26+. The Bertz CT molecular complexity index is 1030. The van der Waals surface area contributed by atoms with Gasteiger partial charge in [-0.3, -0.25) is 10.0 Å². The van der Waals surface area contributed by atoms with Crippen molar-refractivity contribution < 1.29 is 0 Å². The summed E-state index contributed by atoms with van der Waals surface area (Å²) >= 11 is 0. The van der Waals surface area contributed by atoms with Crippen molar-refractivity contribution in [3.63, 3.8) is 0 Å². The number of unbranched alkanes of at least 4 members (excludes halogenated alkanes) is 3. The lowest BCUT2D eigenvalue weighted by Crippen LogP contribution is -2.17. The van der Waals surface area contributed by atoms with Gasteiger partial charge in [0, 0.05) is 12.4 Å². The highest BCUT2D eigenvalue weighted by Crippen LogP contribution is 2.12. The van der Waals surface area contributed by atoms with Gasteiger partial charge >= 0.3 is 0 Å². The van der Waals surface area contributed by atoms with Gasteiger partial charge in [-0.1, -0.05) is 121 Å². The molecule has 0 saturated heterocycles. The van der Waals surface area contributed by atoms with E-state index >= 15 is 0 Å². The van der Waals surface area contributed by atoms with Gasteiger partial charge in [-0.15, -0.1) is 0 Å². The summed E-state index contributed by atoms with van der Waals surface area (Å²) in [4.78, 5) is 0. The molecule has 0 atom stereocenters. The van der Waals surface area contributed by atoms with Gasteiger partial charge in [0.25, 0.3) is 0 Å². The Morgan fingerprint density at radius 3 is 0.921 bits per heavy atom. The van der Waals surface area contributed by atoms with Crippen LogP contribution in [-0.2, 0) is 26.2 Å². The SMILES string of the molecule is C(/CCCC/C=N/N(Cc1ccccc1)Cc1ccccc1)=N\N(Cc1ccccc1)Cc1ccccc1. The van der Waals surface area contributed by atoms with Crippen LogP contribution in [0, 0.1) is 0 Å². The van der Waals surface area contributed by atoms with E-state index in [1.165, 1.54) is 22.3 Å². The maximum absolute atomic E-state index is 4.82. The first-order chi connectivity index (χ1) is 18.8. The summed E-state index contributed by atoms with van der Waals surface area (Å²) in [7, 11) is 0. The van der Waals surface area contributed by atoms with Crippen molar-refractivity contribution >= 4 is 12.4 Å². The zero-order chi connectivity index (χ0) is 26.1. The van der Waals surface area contributed by atoms with E-state index in [1.807, 2.05) is 0 Å². The molecule has 0 unspecified atom stereocenters. The van der Waals surface area contributed by atoms with Crippen LogP contribution in [0.3, 0.4) is 0 Å². The molecule has 4 rings (SSSR count). The minimum Gasteiger partial charge on any atom is -0.289 e. The van der Waals surface area contributed by atoms with Gasteiger partial charge in [-0.25, -0.2) is 0 Å². The average Bonchev–Trinajstić information content (AvgIpc) is 2.96. The molecule has 0 radical (unpaired) electrons. The lowest BCUT2D eigenvalue weighted by atomic mass is 10.2. The molecule has 0 heterocycles. The highest BCUT2D eigenvalue weighted by Gasteiger charge is 2.05. The fourth-order valence-electron chi connectivity index (χ4n) is 4.27. The Labute approximate surface area is 228 Å². The quantitative estimate of drug-likeness (QED) is 0.0939. The third-order valence-corrected chi connectivity index (χ3v) is 6.24. The number of hydrogen-bond acceptors (Lipinski definition) is 4. The van der Waals surface area contributed by atoms with Crippen LogP contribution < -0.4 is 0 Å². The van der Waals surface area contributed by atoms with Gasteiger partial charge in [-0.05, 0) is 47.9 Å². The lowest BCUT2D eigenvalue weighted by molar-refractivity contribution is 0.271. The Balaban J connectivity index is 1.24. The van der Waals surface area contributed by atoms with Crippen molar-refractivity contribution in [3.05, 3.63) is 144 Å². The number of hydrogen-bond donors (Lipinski definition) is 0. The normalized spacial score (nSPS) is 11.3. The third kappa shape index (κ3) is 10.1. The highest BCUT2D eigenvalue weighted by atomic mass is 15.4. The van der Waals surface area contributed by atoms with E-state index in [0.717, 1.165) is 51.9 Å². The first-order valence-electron chi connectivity index (χ1n) is 13.6. The maximum Gasteiger partial charge on any atom is 0.0614 e. The van der Waals surface area contributed by atoms with Crippen LogP contribution in [0.2, 0.25) is 0 Å². The molecule has 0 N–H and O–H groups in total. The van der Waals surface area contributed by atoms with Gasteiger partial charge in [0.05, 0.1) is 26.2 Å². The second-order valence-electron chi connectivity index (χ2n) is 9.47. The van der Waals surface area contributed by atoms with Crippen LogP contribution in [0.15, 0.2) is 132 Å². The predicted molar refractivity (Wildman–Crippen MR) is 160 cm³/mol. The summed E-state index contributed by atoms with van der Waals surface area (Å²) in [5.74, 6) is 0. The molecule has 4 nitrogen and oxygen atoms in total. The number of nitrogens with zero attached hydrogens (tertiary/aromatic N) is 4. The van der Waals surface area contributed by atoms with Crippen molar-refractivity contribution in [1.82, 2.24) is 10.0 Å². The molecule has 0 aliphatic heterocycles. The summed E-state index contributed by atoms with van der Waals surface area (Å²) in [5, 5.41) is 13.9. The molecular formula is C34H38N4. The zero-order valence-corrected chi connectivity index (χ0v) is 22.1. The molecule has 0 bridgehead atoms. The number of benzene rings is 4. The molecule has 0 aliphatic carbocycles. The second-order valence-corrected chi connectivity index (χ2v) is 9.47. The molecule has 0 amide bonds. The molecule has 194 valence electrons. The van der Waals surface area contributed by atoms with Crippen LogP contribution >= 0.6 is 0 Å². The maximum atomic E-state index is 4.82.